The smallest absolute Gasteiger partial charge is 0.326 e. The number of carboxylic acid groups (broad SMARTS) is 1. The summed E-state index contributed by atoms with van der Waals surface area (Å²) in [5.41, 5.74) is 0. The molecule has 0 bridgehead atoms. The molecule has 0 saturated carbocycles. The molecule has 88 valence electrons. The van der Waals surface area contributed by atoms with Crippen LogP contribution in [0.2, 0.25) is 0 Å². The minimum atomic E-state index is -0.984. The Labute approximate surface area is 90.5 Å². The molecule has 0 aliphatic heterocycles. The van der Waals surface area contributed by atoms with Crippen molar-refractivity contribution in [3.8, 4) is 0 Å². The molecule has 0 heterocycles. The fourth-order valence-electron chi connectivity index (χ4n) is 1.03. The lowest BCUT2D eigenvalue weighted by atomic mass is 10.2. The lowest BCUT2D eigenvalue weighted by Crippen LogP contribution is -2.48. The van der Waals surface area contributed by atoms with Crippen LogP contribution in [0, 0.1) is 0 Å². The molecular formula is C10H20N2O3. The van der Waals surface area contributed by atoms with Gasteiger partial charge >= 0.3 is 12.0 Å². The Bertz CT molecular complexity index is 229. The highest BCUT2D eigenvalue weighted by molar-refractivity contribution is 5.82. The molecule has 1 atom stereocenters. The van der Waals surface area contributed by atoms with E-state index in [4.69, 9.17) is 5.11 Å². The number of nitrogens with one attached hydrogen (secondary N) is 1. The summed E-state index contributed by atoms with van der Waals surface area (Å²) in [6.07, 6.45) is 1.18. The van der Waals surface area contributed by atoms with Crippen LogP contribution in [0.3, 0.4) is 0 Å². The van der Waals surface area contributed by atoms with Crippen LogP contribution in [-0.4, -0.2) is 41.1 Å². The van der Waals surface area contributed by atoms with Crippen molar-refractivity contribution >= 4 is 12.0 Å². The highest BCUT2D eigenvalue weighted by Gasteiger charge is 2.21. The number of hydrogen-bond donors (Lipinski definition) is 2. The zero-order chi connectivity index (χ0) is 12.0. The minimum absolute atomic E-state index is 0.0565. The molecule has 0 saturated heterocycles. The van der Waals surface area contributed by atoms with Gasteiger partial charge in [0.25, 0.3) is 0 Å². The highest BCUT2D eigenvalue weighted by atomic mass is 16.4. The molecule has 0 aromatic carbocycles. The van der Waals surface area contributed by atoms with E-state index in [1.165, 1.54) is 4.90 Å². The molecule has 5 heteroatoms. The molecule has 5 nitrogen and oxygen atoms in total. The molecule has 0 fully saturated rings. The number of aliphatic carboxylic acids is 1. The standard InChI is InChI=1S/C10H20N2O3/c1-5-6-8(9(13)14)11-10(15)12(4)7(2)3/h7-8H,5-6H2,1-4H3,(H,11,15)(H,13,14). The third kappa shape index (κ3) is 4.67. The van der Waals surface area contributed by atoms with Crippen molar-refractivity contribution in [2.24, 2.45) is 0 Å². The van der Waals surface area contributed by atoms with Crippen LogP contribution < -0.4 is 5.32 Å². The Morgan fingerprint density at radius 1 is 1.40 bits per heavy atom. The maximum atomic E-state index is 11.5. The Kier molecular flexibility index (Phi) is 5.74. The Balaban J connectivity index is 4.28. The molecule has 2 N–H and O–H groups in total. The molecule has 0 spiro atoms. The van der Waals surface area contributed by atoms with Crippen molar-refractivity contribution in [2.75, 3.05) is 7.05 Å². The number of carbonyl (C=O) groups excluding carboxylic acids is 1. The van der Waals surface area contributed by atoms with Crippen LogP contribution in [0.4, 0.5) is 4.79 Å². The van der Waals surface area contributed by atoms with Gasteiger partial charge in [0.15, 0.2) is 0 Å². The maximum absolute atomic E-state index is 11.5. The van der Waals surface area contributed by atoms with E-state index in [-0.39, 0.29) is 12.1 Å². The van der Waals surface area contributed by atoms with Gasteiger partial charge < -0.3 is 15.3 Å². The first-order valence-corrected chi connectivity index (χ1v) is 5.16. The minimum Gasteiger partial charge on any atom is -0.480 e. The third-order valence-electron chi connectivity index (χ3n) is 2.27. The number of hydrogen-bond acceptors (Lipinski definition) is 2. The normalized spacial score (nSPS) is 12.3. The Morgan fingerprint density at radius 2 is 1.93 bits per heavy atom. The van der Waals surface area contributed by atoms with Crippen LogP contribution in [0.25, 0.3) is 0 Å². The fourth-order valence-corrected chi connectivity index (χ4v) is 1.03. The number of amides is 2. The lowest BCUT2D eigenvalue weighted by Gasteiger charge is -2.24. The summed E-state index contributed by atoms with van der Waals surface area (Å²) >= 11 is 0. The van der Waals surface area contributed by atoms with E-state index in [2.05, 4.69) is 5.32 Å². The van der Waals surface area contributed by atoms with Crippen LogP contribution in [0.5, 0.6) is 0 Å². The second-order valence-electron chi connectivity index (χ2n) is 3.83. The predicted octanol–water partition coefficient (Wildman–Crippen LogP) is 1.29. The molecule has 0 aliphatic rings. The second-order valence-corrected chi connectivity index (χ2v) is 3.83. The monoisotopic (exact) mass is 216 g/mol. The summed E-state index contributed by atoms with van der Waals surface area (Å²) in [4.78, 5) is 23.8. The van der Waals surface area contributed by atoms with Gasteiger partial charge in [-0.1, -0.05) is 13.3 Å². The van der Waals surface area contributed by atoms with Gasteiger partial charge in [0.1, 0.15) is 6.04 Å². The molecule has 0 aromatic rings. The largest absolute Gasteiger partial charge is 0.480 e. The summed E-state index contributed by atoms with van der Waals surface area (Å²) in [5, 5.41) is 11.3. The van der Waals surface area contributed by atoms with Crippen LogP contribution in [-0.2, 0) is 4.79 Å². The van der Waals surface area contributed by atoms with Gasteiger partial charge in [-0.15, -0.1) is 0 Å². The molecule has 15 heavy (non-hydrogen) atoms. The third-order valence-corrected chi connectivity index (χ3v) is 2.27. The molecule has 0 aliphatic carbocycles. The van der Waals surface area contributed by atoms with Crippen LogP contribution >= 0.6 is 0 Å². The van der Waals surface area contributed by atoms with Crippen LogP contribution in [0.15, 0.2) is 0 Å². The molecule has 0 aromatic heterocycles. The van der Waals surface area contributed by atoms with Crippen LogP contribution in [0.1, 0.15) is 33.6 Å². The van der Waals surface area contributed by atoms with Gasteiger partial charge in [0.2, 0.25) is 0 Å². The topological polar surface area (TPSA) is 69.6 Å². The number of urea groups is 1. The van der Waals surface area contributed by atoms with E-state index in [0.29, 0.717) is 6.42 Å². The van der Waals surface area contributed by atoms with Crippen molar-refractivity contribution in [3.05, 3.63) is 0 Å². The SMILES string of the molecule is CCCC(NC(=O)N(C)C(C)C)C(=O)O. The molecule has 0 radical (unpaired) electrons. The summed E-state index contributed by atoms with van der Waals surface area (Å²) in [5.74, 6) is -0.984. The van der Waals surface area contributed by atoms with Crippen molar-refractivity contribution in [3.63, 3.8) is 0 Å². The Hall–Kier alpha value is -1.26. The summed E-state index contributed by atoms with van der Waals surface area (Å²) in [7, 11) is 1.64. The zero-order valence-corrected chi connectivity index (χ0v) is 9.78. The van der Waals surface area contributed by atoms with Crippen molar-refractivity contribution in [1.82, 2.24) is 10.2 Å². The summed E-state index contributed by atoms with van der Waals surface area (Å²) in [6, 6.07) is -1.07. The fraction of sp³-hybridized carbons (Fsp3) is 0.800. The molecule has 0 rings (SSSR count). The first-order valence-electron chi connectivity index (χ1n) is 5.16. The highest BCUT2D eigenvalue weighted by Crippen LogP contribution is 2.00. The van der Waals surface area contributed by atoms with E-state index in [1.54, 1.807) is 7.05 Å². The number of carboxylic acids is 1. The van der Waals surface area contributed by atoms with E-state index >= 15 is 0 Å². The van der Waals surface area contributed by atoms with Gasteiger partial charge in [0.05, 0.1) is 0 Å². The van der Waals surface area contributed by atoms with E-state index in [0.717, 1.165) is 6.42 Å². The maximum Gasteiger partial charge on any atom is 0.326 e. The van der Waals surface area contributed by atoms with Crippen molar-refractivity contribution in [2.45, 2.75) is 45.7 Å². The van der Waals surface area contributed by atoms with Crippen molar-refractivity contribution < 1.29 is 14.7 Å². The van der Waals surface area contributed by atoms with Gasteiger partial charge in [-0.05, 0) is 20.3 Å². The van der Waals surface area contributed by atoms with Gasteiger partial charge in [0, 0.05) is 13.1 Å². The average Bonchev–Trinajstić information content (AvgIpc) is 2.15. The lowest BCUT2D eigenvalue weighted by molar-refractivity contribution is -0.139. The van der Waals surface area contributed by atoms with E-state index in [1.807, 2.05) is 20.8 Å². The zero-order valence-electron chi connectivity index (χ0n) is 9.78. The van der Waals surface area contributed by atoms with Gasteiger partial charge in [-0.2, -0.15) is 0 Å². The van der Waals surface area contributed by atoms with Gasteiger partial charge in [-0.25, -0.2) is 9.59 Å². The average molecular weight is 216 g/mol. The first kappa shape index (κ1) is 13.7. The van der Waals surface area contributed by atoms with E-state index in [9.17, 15) is 9.59 Å². The summed E-state index contributed by atoms with van der Waals surface area (Å²) < 4.78 is 0. The molecular weight excluding hydrogens is 196 g/mol. The van der Waals surface area contributed by atoms with Crippen molar-refractivity contribution in [1.29, 1.82) is 0 Å². The predicted molar refractivity (Wildman–Crippen MR) is 57.8 cm³/mol. The van der Waals surface area contributed by atoms with E-state index < -0.39 is 12.0 Å². The first-order chi connectivity index (χ1) is 6.90. The second kappa shape index (κ2) is 6.27. The quantitative estimate of drug-likeness (QED) is 0.727. The Morgan fingerprint density at radius 3 is 2.27 bits per heavy atom. The number of rotatable bonds is 5. The molecule has 2 amide bonds. The molecule has 1 unspecified atom stereocenters. The van der Waals surface area contributed by atoms with Gasteiger partial charge in [-0.3, -0.25) is 0 Å². The summed E-state index contributed by atoms with van der Waals surface area (Å²) in [6.45, 7) is 5.62. The number of carbonyl (C=O) groups is 2. The number of nitrogens with zero attached hydrogens (tertiary/aromatic N) is 1.